The molecule has 0 saturated carbocycles. The quantitative estimate of drug-likeness (QED) is 0.886. The minimum Gasteiger partial charge on any atom is -0.508 e. The SMILES string of the molecule is O=S1CCC(NCc2c(O)cccc2Cl)CC1. The van der Waals surface area contributed by atoms with Crippen molar-refractivity contribution in [1.29, 1.82) is 0 Å². The van der Waals surface area contributed by atoms with Crippen LogP contribution in [-0.2, 0) is 17.3 Å². The summed E-state index contributed by atoms with van der Waals surface area (Å²) in [5, 5.41) is 13.6. The second kappa shape index (κ2) is 5.85. The molecule has 0 bridgehead atoms. The van der Waals surface area contributed by atoms with Gasteiger partial charge < -0.3 is 10.4 Å². The lowest BCUT2D eigenvalue weighted by Gasteiger charge is -2.23. The van der Waals surface area contributed by atoms with Crippen molar-refractivity contribution in [2.24, 2.45) is 0 Å². The number of hydrogen-bond donors (Lipinski definition) is 2. The predicted octanol–water partition coefficient (Wildman–Crippen LogP) is 2.05. The van der Waals surface area contributed by atoms with Crippen LogP contribution in [0.4, 0.5) is 0 Å². The topological polar surface area (TPSA) is 49.3 Å². The zero-order valence-electron chi connectivity index (χ0n) is 9.49. The molecule has 1 saturated heterocycles. The Balaban J connectivity index is 1.91. The summed E-state index contributed by atoms with van der Waals surface area (Å²) in [4.78, 5) is 0. The minimum atomic E-state index is -0.633. The highest BCUT2D eigenvalue weighted by Gasteiger charge is 2.17. The van der Waals surface area contributed by atoms with Crippen LogP contribution < -0.4 is 5.32 Å². The highest BCUT2D eigenvalue weighted by molar-refractivity contribution is 7.85. The highest BCUT2D eigenvalue weighted by Crippen LogP contribution is 2.25. The van der Waals surface area contributed by atoms with Gasteiger partial charge in [-0.3, -0.25) is 4.21 Å². The van der Waals surface area contributed by atoms with Crippen LogP contribution in [0.1, 0.15) is 18.4 Å². The van der Waals surface area contributed by atoms with Crippen LogP contribution in [0.15, 0.2) is 18.2 Å². The van der Waals surface area contributed by atoms with E-state index in [1.54, 1.807) is 18.2 Å². The van der Waals surface area contributed by atoms with Gasteiger partial charge in [-0.2, -0.15) is 0 Å². The van der Waals surface area contributed by atoms with E-state index in [-0.39, 0.29) is 5.75 Å². The Labute approximate surface area is 109 Å². The lowest BCUT2D eigenvalue weighted by Crippen LogP contribution is -2.35. The normalized spacial score (nSPS) is 24.8. The van der Waals surface area contributed by atoms with Crippen molar-refractivity contribution in [3.05, 3.63) is 28.8 Å². The van der Waals surface area contributed by atoms with E-state index >= 15 is 0 Å². The summed E-state index contributed by atoms with van der Waals surface area (Å²) in [6.07, 6.45) is 1.86. The molecule has 1 fully saturated rings. The van der Waals surface area contributed by atoms with Crippen molar-refractivity contribution in [2.45, 2.75) is 25.4 Å². The van der Waals surface area contributed by atoms with Crippen molar-refractivity contribution in [2.75, 3.05) is 11.5 Å². The number of aromatic hydroxyl groups is 1. The fraction of sp³-hybridized carbons (Fsp3) is 0.500. The fourth-order valence-corrected chi connectivity index (χ4v) is 3.50. The summed E-state index contributed by atoms with van der Waals surface area (Å²) in [6.45, 7) is 0.558. The predicted molar refractivity (Wildman–Crippen MR) is 70.9 cm³/mol. The summed E-state index contributed by atoms with van der Waals surface area (Å²) in [5.74, 6) is 1.77. The molecule has 2 N–H and O–H groups in total. The van der Waals surface area contributed by atoms with Crippen LogP contribution in [0.3, 0.4) is 0 Å². The molecule has 0 unspecified atom stereocenters. The van der Waals surface area contributed by atoms with E-state index in [0.717, 1.165) is 29.9 Å². The van der Waals surface area contributed by atoms with Crippen molar-refractivity contribution in [1.82, 2.24) is 5.32 Å². The molecule has 1 heterocycles. The first-order valence-electron chi connectivity index (χ1n) is 5.71. The molecule has 94 valence electrons. The molecule has 17 heavy (non-hydrogen) atoms. The van der Waals surface area contributed by atoms with E-state index in [1.807, 2.05) is 0 Å². The molecular weight excluding hydrogens is 258 g/mol. The monoisotopic (exact) mass is 273 g/mol. The van der Waals surface area contributed by atoms with Gasteiger partial charge in [-0.05, 0) is 25.0 Å². The number of halogens is 1. The standard InChI is InChI=1S/C12H16ClNO2S/c13-11-2-1-3-12(15)10(11)8-14-9-4-6-17(16)7-5-9/h1-3,9,14-15H,4-8H2. The van der Waals surface area contributed by atoms with Gasteiger partial charge in [-0.15, -0.1) is 0 Å². The molecular formula is C12H16ClNO2S. The Morgan fingerprint density at radius 1 is 1.41 bits per heavy atom. The van der Waals surface area contributed by atoms with Gasteiger partial charge in [0.25, 0.3) is 0 Å². The number of rotatable bonds is 3. The molecule has 5 heteroatoms. The molecule has 2 rings (SSSR count). The lowest BCUT2D eigenvalue weighted by molar-refractivity contribution is 0.445. The molecule has 1 aliphatic rings. The maximum absolute atomic E-state index is 11.2. The molecule has 0 aliphatic carbocycles. The van der Waals surface area contributed by atoms with Crippen LogP contribution in [0.25, 0.3) is 0 Å². The van der Waals surface area contributed by atoms with Crippen LogP contribution in [0.5, 0.6) is 5.75 Å². The van der Waals surface area contributed by atoms with E-state index < -0.39 is 10.8 Å². The van der Waals surface area contributed by atoms with Crippen LogP contribution in [0, 0.1) is 0 Å². The molecule has 1 aromatic rings. The van der Waals surface area contributed by atoms with Gasteiger partial charge in [0.05, 0.1) is 0 Å². The number of phenols is 1. The number of hydrogen-bond acceptors (Lipinski definition) is 3. The van der Waals surface area contributed by atoms with Crippen LogP contribution in [0.2, 0.25) is 5.02 Å². The Morgan fingerprint density at radius 2 is 2.12 bits per heavy atom. The first-order chi connectivity index (χ1) is 8.16. The Bertz CT molecular complexity index is 395. The zero-order valence-corrected chi connectivity index (χ0v) is 11.1. The zero-order chi connectivity index (χ0) is 12.3. The van der Waals surface area contributed by atoms with Crippen LogP contribution >= 0.6 is 11.6 Å². The van der Waals surface area contributed by atoms with Gasteiger partial charge in [0, 0.05) is 45.5 Å². The highest BCUT2D eigenvalue weighted by atomic mass is 35.5. The van der Waals surface area contributed by atoms with E-state index in [4.69, 9.17) is 11.6 Å². The molecule has 3 nitrogen and oxygen atoms in total. The van der Waals surface area contributed by atoms with Crippen molar-refractivity contribution in [3.63, 3.8) is 0 Å². The molecule has 0 amide bonds. The van der Waals surface area contributed by atoms with E-state index in [2.05, 4.69) is 5.32 Å². The van der Waals surface area contributed by atoms with E-state index in [1.165, 1.54) is 0 Å². The average molecular weight is 274 g/mol. The van der Waals surface area contributed by atoms with Crippen molar-refractivity contribution >= 4 is 22.4 Å². The minimum absolute atomic E-state index is 0.226. The molecule has 0 radical (unpaired) electrons. The van der Waals surface area contributed by atoms with Crippen LogP contribution in [-0.4, -0.2) is 26.9 Å². The molecule has 1 aromatic carbocycles. The van der Waals surface area contributed by atoms with Crippen molar-refractivity contribution < 1.29 is 9.32 Å². The van der Waals surface area contributed by atoms with Gasteiger partial charge >= 0.3 is 0 Å². The first-order valence-corrected chi connectivity index (χ1v) is 7.58. The third kappa shape index (κ3) is 3.44. The van der Waals surface area contributed by atoms with E-state index in [9.17, 15) is 9.32 Å². The van der Waals surface area contributed by atoms with Gasteiger partial charge in [0.1, 0.15) is 5.75 Å². The lowest BCUT2D eigenvalue weighted by atomic mass is 10.1. The number of benzene rings is 1. The third-order valence-electron chi connectivity index (χ3n) is 3.05. The molecule has 0 spiro atoms. The maximum atomic E-state index is 11.2. The Hall–Kier alpha value is -0.580. The van der Waals surface area contributed by atoms with E-state index in [0.29, 0.717) is 17.6 Å². The maximum Gasteiger partial charge on any atom is 0.121 e. The fourth-order valence-electron chi connectivity index (χ4n) is 1.97. The smallest absolute Gasteiger partial charge is 0.121 e. The molecule has 0 aromatic heterocycles. The summed E-state index contributed by atoms with van der Waals surface area (Å²) in [5.41, 5.74) is 0.737. The second-order valence-corrected chi connectivity index (χ2v) is 6.34. The molecule has 1 aliphatic heterocycles. The third-order valence-corrected chi connectivity index (χ3v) is 4.79. The van der Waals surface area contributed by atoms with Crippen molar-refractivity contribution in [3.8, 4) is 5.75 Å². The second-order valence-electron chi connectivity index (χ2n) is 4.24. The van der Waals surface area contributed by atoms with Gasteiger partial charge in [0.2, 0.25) is 0 Å². The van der Waals surface area contributed by atoms with Gasteiger partial charge in [-0.1, -0.05) is 17.7 Å². The Kier molecular flexibility index (Phi) is 4.42. The largest absolute Gasteiger partial charge is 0.508 e. The summed E-state index contributed by atoms with van der Waals surface area (Å²) >= 11 is 6.02. The van der Waals surface area contributed by atoms with Gasteiger partial charge in [-0.25, -0.2) is 0 Å². The number of nitrogens with one attached hydrogen (secondary N) is 1. The molecule has 0 atom stereocenters. The summed E-state index contributed by atoms with van der Waals surface area (Å²) < 4.78 is 11.2. The number of phenolic OH excluding ortho intramolecular Hbond substituents is 1. The first kappa shape index (κ1) is 12.9. The average Bonchev–Trinajstić information content (AvgIpc) is 2.31. The van der Waals surface area contributed by atoms with Gasteiger partial charge in [0.15, 0.2) is 0 Å². The Morgan fingerprint density at radius 3 is 2.76 bits per heavy atom. The summed E-state index contributed by atoms with van der Waals surface area (Å²) in [6, 6.07) is 5.51. The summed E-state index contributed by atoms with van der Waals surface area (Å²) in [7, 11) is -0.633.